The van der Waals surface area contributed by atoms with Gasteiger partial charge in [-0.15, -0.1) is 34.0 Å². The first kappa shape index (κ1) is 24.6. The smallest absolute Gasteiger partial charge is 0.325 e. The highest BCUT2D eigenvalue weighted by atomic mass is 79.9. The fourth-order valence-electron chi connectivity index (χ4n) is 2.05. The van der Waals surface area contributed by atoms with Gasteiger partial charge in [-0.3, -0.25) is 4.90 Å². The second-order valence-electron chi connectivity index (χ2n) is 6.65. The third-order valence-electron chi connectivity index (χ3n) is 2.96. The van der Waals surface area contributed by atoms with Crippen molar-refractivity contribution >= 4 is 45.8 Å². The summed E-state index contributed by atoms with van der Waals surface area (Å²) < 4.78 is 0. The summed E-state index contributed by atoms with van der Waals surface area (Å²) in [6.07, 6.45) is 0. The minimum Gasteiger partial charge on any atom is -0.330 e. The molecule has 5 nitrogen and oxygen atoms in total. The lowest BCUT2D eigenvalue weighted by Crippen LogP contribution is -2.46. The van der Waals surface area contributed by atoms with Crippen LogP contribution in [0.25, 0.3) is 0 Å². The average molecular weight is 454 g/mol. The maximum absolute atomic E-state index is 12.4. The summed E-state index contributed by atoms with van der Waals surface area (Å²) >= 11 is 0. The maximum Gasteiger partial charge on any atom is 0.325 e. The van der Waals surface area contributed by atoms with Crippen molar-refractivity contribution in [2.45, 2.75) is 40.2 Å². The van der Waals surface area contributed by atoms with Gasteiger partial charge in [0.2, 0.25) is 0 Å². The number of aryl methyl sites for hydroxylation is 2. The van der Waals surface area contributed by atoms with E-state index in [1.165, 1.54) is 0 Å². The Balaban J connectivity index is 0. The molecule has 0 bridgehead atoms. The summed E-state index contributed by atoms with van der Waals surface area (Å²) in [6.45, 7) is 11.6. The van der Waals surface area contributed by atoms with E-state index in [2.05, 4.69) is 31.1 Å². The van der Waals surface area contributed by atoms with Crippen molar-refractivity contribution in [2.75, 3.05) is 32.1 Å². The molecule has 23 heavy (non-hydrogen) atoms. The number of anilines is 1. The van der Waals surface area contributed by atoms with Crippen molar-refractivity contribution in [3.8, 4) is 0 Å². The van der Waals surface area contributed by atoms with Gasteiger partial charge >= 0.3 is 6.03 Å². The molecule has 0 atom stereocenters. The quantitative estimate of drug-likeness (QED) is 0.755. The van der Waals surface area contributed by atoms with Crippen LogP contribution in [0, 0.1) is 13.8 Å². The summed E-state index contributed by atoms with van der Waals surface area (Å²) in [6, 6.07) is 3.91. The van der Waals surface area contributed by atoms with Gasteiger partial charge in [-0.25, -0.2) is 9.78 Å². The topological polar surface area (TPSA) is 48.5 Å². The van der Waals surface area contributed by atoms with Crippen LogP contribution in [0.15, 0.2) is 12.1 Å². The van der Waals surface area contributed by atoms with Crippen LogP contribution in [0.4, 0.5) is 10.6 Å². The normalized spacial score (nSPS) is 10.4. The monoisotopic (exact) mass is 452 g/mol. The summed E-state index contributed by atoms with van der Waals surface area (Å²) in [5, 5.41) is 3.40. The predicted molar refractivity (Wildman–Crippen MR) is 109 cm³/mol. The molecule has 1 rings (SSSR count). The number of aromatic nitrogens is 1. The van der Waals surface area contributed by atoms with Crippen LogP contribution in [0.5, 0.6) is 0 Å². The highest BCUT2D eigenvalue weighted by molar-refractivity contribution is 8.93. The minimum absolute atomic E-state index is 0. The third kappa shape index (κ3) is 8.67. The van der Waals surface area contributed by atoms with E-state index in [4.69, 9.17) is 0 Å². The first-order valence-electron chi connectivity index (χ1n) is 7.29. The zero-order valence-electron chi connectivity index (χ0n) is 15.1. The van der Waals surface area contributed by atoms with Crippen LogP contribution in [0.1, 0.15) is 32.0 Å². The molecule has 1 N–H and O–H groups in total. The van der Waals surface area contributed by atoms with Crippen LogP contribution in [0.3, 0.4) is 0 Å². The molecule has 7 heteroatoms. The van der Waals surface area contributed by atoms with Gasteiger partial charge < -0.3 is 10.2 Å². The number of nitrogens with one attached hydrogen (secondary N) is 1. The molecule has 134 valence electrons. The highest BCUT2D eigenvalue weighted by Gasteiger charge is 2.20. The Hall–Kier alpha value is -0.660. The number of amides is 2. The molecule has 0 radical (unpaired) electrons. The Morgan fingerprint density at radius 2 is 1.74 bits per heavy atom. The number of rotatable bonds is 4. The van der Waals surface area contributed by atoms with Crippen LogP contribution < -0.4 is 10.2 Å². The molecule has 0 unspecified atom stereocenters. The van der Waals surface area contributed by atoms with E-state index in [9.17, 15) is 4.79 Å². The second kappa shape index (κ2) is 10.3. The Labute approximate surface area is 161 Å². The number of carbonyl (C=O) groups is 1. The Morgan fingerprint density at radius 1 is 1.17 bits per heavy atom. The van der Waals surface area contributed by atoms with Crippen molar-refractivity contribution in [1.29, 1.82) is 0 Å². The van der Waals surface area contributed by atoms with E-state index in [-0.39, 0.29) is 45.5 Å². The van der Waals surface area contributed by atoms with E-state index in [1.807, 2.05) is 26.0 Å². The molecule has 0 spiro atoms. The molecular formula is C16H30Br2N4O. The highest BCUT2D eigenvalue weighted by Crippen LogP contribution is 2.15. The van der Waals surface area contributed by atoms with Gasteiger partial charge in [0.05, 0.1) is 0 Å². The fourth-order valence-corrected chi connectivity index (χ4v) is 2.05. The van der Waals surface area contributed by atoms with Crippen molar-refractivity contribution in [3.63, 3.8) is 0 Å². The van der Waals surface area contributed by atoms with Crippen molar-refractivity contribution < 1.29 is 4.79 Å². The average Bonchev–Trinajstić information content (AvgIpc) is 2.31. The summed E-state index contributed by atoms with van der Waals surface area (Å²) in [5.41, 5.74) is 2.06. The van der Waals surface area contributed by atoms with E-state index >= 15 is 0 Å². The first-order valence-corrected chi connectivity index (χ1v) is 7.29. The second-order valence-corrected chi connectivity index (χ2v) is 6.65. The van der Waals surface area contributed by atoms with E-state index < -0.39 is 0 Å². The molecule has 1 heterocycles. The molecule has 0 aliphatic heterocycles. The lowest BCUT2D eigenvalue weighted by molar-refractivity contribution is 0.223. The number of pyridine rings is 1. The fraction of sp³-hybridized carbons (Fsp3) is 0.625. The van der Waals surface area contributed by atoms with Gasteiger partial charge in [-0.1, -0.05) is 0 Å². The largest absolute Gasteiger partial charge is 0.330 e. The van der Waals surface area contributed by atoms with E-state index in [1.54, 1.807) is 23.9 Å². The summed E-state index contributed by atoms with van der Waals surface area (Å²) in [7, 11) is 3.52. The SMILES string of the molecule is Br.Br.Cc1cc(C)nc(N(CCNC(C)(C)C)C(=O)N(C)C)c1. The standard InChI is InChI=1S/C16H28N4O.2BrH/c1-12-10-13(2)18-14(11-12)20(15(21)19(6)7)9-8-17-16(3,4)5;;/h10-11,17H,8-9H2,1-7H3;2*1H. The Kier molecular flexibility index (Phi) is 11.0. The van der Waals surface area contributed by atoms with E-state index in [0.29, 0.717) is 12.4 Å². The molecule has 0 saturated carbocycles. The summed E-state index contributed by atoms with van der Waals surface area (Å²) in [4.78, 5) is 20.2. The molecule has 0 aliphatic rings. The van der Waals surface area contributed by atoms with Crippen LogP contribution >= 0.6 is 34.0 Å². The lowest BCUT2D eigenvalue weighted by Gasteiger charge is -2.28. The van der Waals surface area contributed by atoms with Gasteiger partial charge in [-0.05, 0) is 52.3 Å². The number of carbonyl (C=O) groups excluding carboxylic acids is 1. The number of halogens is 2. The zero-order valence-corrected chi connectivity index (χ0v) is 18.6. The van der Waals surface area contributed by atoms with Crippen molar-refractivity contribution in [3.05, 3.63) is 23.4 Å². The van der Waals surface area contributed by atoms with Crippen molar-refractivity contribution in [1.82, 2.24) is 15.2 Å². The number of hydrogen-bond acceptors (Lipinski definition) is 3. The van der Waals surface area contributed by atoms with Gasteiger partial charge in [0.15, 0.2) is 0 Å². The molecule has 1 aromatic heterocycles. The molecule has 0 aromatic carbocycles. The third-order valence-corrected chi connectivity index (χ3v) is 2.96. The number of hydrogen-bond donors (Lipinski definition) is 1. The maximum atomic E-state index is 12.4. The molecular weight excluding hydrogens is 424 g/mol. The van der Waals surface area contributed by atoms with E-state index in [0.717, 1.165) is 17.8 Å². The zero-order chi connectivity index (χ0) is 16.2. The van der Waals surface area contributed by atoms with Crippen LogP contribution in [-0.2, 0) is 0 Å². The molecule has 0 aliphatic carbocycles. The lowest BCUT2D eigenvalue weighted by atomic mass is 10.1. The Bertz CT molecular complexity index is 481. The molecule has 1 aromatic rings. The Morgan fingerprint density at radius 3 is 2.17 bits per heavy atom. The van der Waals surface area contributed by atoms with Gasteiger partial charge in [0, 0.05) is 38.4 Å². The number of nitrogens with zero attached hydrogens (tertiary/aromatic N) is 3. The summed E-state index contributed by atoms with van der Waals surface area (Å²) in [5.74, 6) is 0.710. The molecule has 0 saturated heterocycles. The van der Waals surface area contributed by atoms with Crippen molar-refractivity contribution in [2.24, 2.45) is 0 Å². The minimum atomic E-state index is -0.0526. The number of urea groups is 1. The van der Waals surface area contributed by atoms with Gasteiger partial charge in [-0.2, -0.15) is 0 Å². The molecule has 0 fully saturated rings. The van der Waals surface area contributed by atoms with Crippen LogP contribution in [0.2, 0.25) is 0 Å². The van der Waals surface area contributed by atoms with Crippen LogP contribution in [-0.4, -0.2) is 48.6 Å². The predicted octanol–water partition coefficient (Wildman–Crippen LogP) is 3.73. The molecule has 2 amide bonds. The first-order chi connectivity index (χ1) is 9.60. The van der Waals surface area contributed by atoms with Gasteiger partial charge in [0.25, 0.3) is 0 Å². The van der Waals surface area contributed by atoms with Gasteiger partial charge in [0.1, 0.15) is 5.82 Å².